The monoisotopic (exact) mass is 413 g/mol. The van der Waals surface area contributed by atoms with Gasteiger partial charge < -0.3 is 31.7 Å². The smallest absolute Gasteiger partial charge is 0.408 e. The third-order valence-corrected chi connectivity index (χ3v) is 4.56. The third kappa shape index (κ3) is 8.26. The lowest BCUT2D eigenvalue weighted by Gasteiger charge is -2.30. The zero-order valence-electron chi connectivity index (χ0n) is 17.8. The third-order valence-electron chi connectivity index (χ3n) is 4.56. The van der Waals surface area contributed by atoms with Crippen molar-refractivity contribution in [3.63, 3.8) is 0 Å². The first-order valence-corrected chi connectivity index (χ1v) is 10.1. The Labute approximate surface area is 172 Å². The van der Waals surface area contributed by atoms with Crippen LogP contribution in [0.1, 0.15) is 59.8 Å². The van der Waals surface area contributed by atoms with Crippen molar-refractivity contribution in [2.45, 2.75) is 83.5 Å². The highest BCUT2D eigenvalue weighted by Crippen LogP contribution is 2.20. The number of ether oxygens (including phenoxy) is 1. The summed E-state index contributed by atoms with van der Waals surface area (Å²) in [6, 6.07) is -2.36. The predicted molar refractivity (Wildman–Crippen MR) is 108 cm³/mol. The number of nitrogens with two attached hydrogens (primary N) is 2. The molecule has 10 nitrogen and oxygen atoms in total. The Kier molecular flexibility index (Phi) is 9.35. The topological polar surface area (TPSA) is 157 Å². The first-order valence-electron chi connectivity index (χ1n) is 10.1. The number of alkyl carbamates (subject to hydrolysis) is 1. The van der Waals surface area contributed by atoms with Crippen LogP contribution in [0, 0.1) is 0 Å². The maximum atomic E-state index is 13.1. The average molecular weight is 414 g/mol. The minimum Gasteiger partial charge on any atom is -0.444 e. The molecular weight excluding hydrogens is 378 g/mol. The molecule has 0 aromatic carbocycles. The Bertz CT molecular complexity index is 604. The van der Waals surface area contributed by atoms with E-state index in [1.165, 1.54) is 11.8 Å². The molecule has 3 atom stereocenters. The Balaban J connectivity index is 2.87. The highest BCUT2D eigenvalue weighted by atomic mass is 16.6. The molecule has 166 valence electrons. The first kappa shape index (κ1) is 24.7. The number of nitrogens with one attached hydrogen (secondary N) is 2. The Hall–Kier alpha value is -2.36. The number of carbonyl (C=O) groups excluding carboxylic acids is 4. The summed E-state index contributed by atoms with van der Waals surface area (Å²) in [4.78, 5) is 50.5. The molecule has 29 heavy (non-hydrogen) atoms. The fourth-order valence-electron chi connectivity index (χ4n) is 3.08. The summed E-state index contributed by atoms with van der Waals surface area (Å²) in [5, 5.41) is 5.16. The van der Waals surface area contributed by atoms with Crippen molar-refractivity contribution < 1.29 is 23.9 Å². The Morgan fingerprint density at radius 1 is 1.17 bits per heavy atom. The summed E-state index contributed by atoms with van der Waals surface area (Å²) >= 11 is 0. The van der Waals surface area contributed by atoms with E-state index < -0.39 is 41.6 Å². The molecule has 10 heteroatoms. The molecule has 0 aromatic rings. The minimum atomic E-state index is -0.833. The summed E-state index contributed by atoms with van der Waals surface area (Å²) in [6.07, 6.45) is 2.18. The van der Waals surface area contributed by atoms with E-state index in [0.29, 0.717) is 45.2 Å². The number of amides is 4. The number of rotatable bonds is 9. The van der Waals surface area contributed by atoms with Crippen LogP contribution in [0.2, 0.25) is 0 Å². The van der Waals surface area contributed by atoms with E-state index in [9.17, 15) is 19.2 Å². The van der Waals surface area contributed by atoms with E-state index in [2.05, 4.69) is 10.6 Å². The SMILES string of the molecule is C[C@@H](NC(=O)[C@@H]1CCCN1C(=O)[C@H](CCCCN)NC(=O)OC(C)(C)C)C(N)=O. The molecule has 0 saturated carbocycles. The molecule has 1 fully saturated rings. The zero-order chi connectivity index (χ0) is 22.2. The molecule has 0 unspecified atom stereocenters. The van der Waals surface area contributed by atoms with E-state index in [4.69, 9.17) is 16.2 Å². The van der Waals surface area contributed by atoms with Crippen LogP contribution < -0.4 is 22.1 Å². The molecule has 0 bridgehead atoms. The molecule has 6 N–H and O–H groups in total. The quantitative estimate of drug-likeness (QED) is 0.389. The first-order chi connectivity index (χ1) is 13.5. The Morgan fingerprint density at radius 3 is 2.38 bits per heavy atom. The molecule has 1 heterocycles. The van der Waals surface area contributed by atoms with Crippen molar-refractivity contribution in [1.82, 2.24) is 15.5 Å². The van der Waals surface area contributed by atoms with Gasteiger partial charge in [0.1, 0.15) is 23.7 Å². The second kappa shape index (κ2) is 11.0. The second-order valence-corrected chi connectivity index (χ2v) is 8.31. The lowest BCUT2D eigenvalue weighted by molar-refractivity contribution is -0.140. The van der Waals surface area contributed by atoms with Crippen molar-refractivity contribution in [3.05, 3.63) is 0 Å². The number of primary amides is 1. The predicted octanol–water partition coefficient (Wildman–Crippen LogP) is -0.0103. The van der Waals surface area contributed by atoms with Gasteiger partial charge in [-0.3, -0.25) is 14.4 Å². The molecule has 0 aromatic heterocycles. The van der Waals surface area contributed by atoms with E-state index in [1.807, 2.05) is 0 Å². The summed E-state index contributed by atoms with van der Waals surface area (Å²) in [5.41, 5.74) is 10.0. The number of nitrogens with zero attached hydrogens (tertiary/aromatic N) is 1. The maximum absolute atomic E-state index is 13.1. The molecule has 0 radical (unpaired) electrons. The minimum absolute atomic E-state index is 0.350. The zero-order valence-corrected chi connectivity index (χ0v) is 17.8. The van der Waals surface area contributed by atoms with Gasteiger partial charge in [-0.25, -0.2) is 4.79 Å². The van der Waals surface area contributed by atoms with Crippen molar-refractivity contribution in [2.75, 3.05) is 13.1 Å². The van der Waals surface area contributed by atoms with Crippen LogP contribution in [0.4, 0.5) is 4.79 Å². The molecule has 1 rings (SSSR count). The average Bonchev–Trinajstić information content (AvgIpc) is 3.08. The molecule has 1 saturated heterocycles. The van der Waals surface area contributed by atoms with Crippen LogP contribution in [0.25, 0.3) is 0 Å². The molecular formula is C19H35N5O5. The van der Waals surface area contributed by atoms with Gasteiger partial charge in [-0.1, -0.05) is 0 Å². The van der Waals surface area contributed by atoms with E-state index in [0.717, 1.165) is 0 Å². The van der Waals surface area contributed by atoms with Crippen LogP contribution in [0.5, 0.6) is 0 Å². The van der Waals surface area contributed by atoms with E-state index in [-0.39, 0.29) is 5.91 Å². The molecule has 1 aliphatic heterocycles. The molecule has 1 aliphatic rings. The largest absolute Gasteiger partial charge is 0.444 e. The van der Waals surface area contributed by atoms with Crippen molar-refractivity contribution in [1.29, 1.82) is 0 Å². The summed E-state index contributed by atoms with van der Waals surface area (Å²) < 4.78 is 5.26. The van der Waals surface area contributed by atoms with Crippen LogP contribution in [0.15, 0.2) is 0 Å². The fourth-order valence-corrected chi connectivity index (χ4v) is 3.08. The number of hydrogen-bond acceptors (Lipinski definition) is 6. The fraction of sp³-hybridized carbons (Fsp3) is 0.789. The van der Waals surface area contributed by atoms with Gasteiger partial charge in [-0.15, -0.1) is 0 Å². The van der Waals surface area contributed by atoms with Crippen molar-refractivity contribution >= 4 is 23.8 Å². The van der Waals surface area contributed by atoms with Gasteiger partial charge in [0, 0.05) is 6.54 Å². The van der Waals surface area contributed by atoms with Gasteiger partial charge >= 0.3 is 6.09 Å². The van der Waals surface area contributed by atoms with Crippen molar-refractivity contribution in [2.24, 2.45) is 11.5 Å². The summed E-state index contributed by atoms with van der Waals surface area (Å²) in [5.74, 6) is -1.43. The number of likely N-dealkylation sites (tertiary alicyclic amines) is 1. The summed E-state index contributed by atoms with van der Waals surface area (Å²) in [7, 11) is 0. The number of unbranched alkanes of at least 4 members (excludes halogenated alkanes) is 1. The van der Waals surface area contributed by atoms with E-state index >= 15 is 0 Å². The van der Waals surface area contributed by atoms with Crippen molar-refractivity contribution in [3.8, 4) is 0 Å². The normalized spacial score (nSPS) is 18.7. The van der Waals surface area contributed by atoms with Crippen LogP contribution in [0.3, 0.4) is 0 Å². The van der Waals surface area contributed by atoms with Crippen LogP contribution >= 0.6 is 0 Å². The van der Waals surface area contributed by atoms with Gasteiger partial charge in [0.2, 0.25) is 17.7 Å². The summed E-state index contributed by atoms with van der Waals surface area (Å²) in [6.45, 7) is 7.56. The number of hydrogen-bond donors (Lipinski definition) is 4. The van der Waals surface area contributed by atoms with Gasteiger partial charge in [0.25, 0.3) is 0 Å². The van der Waals surface area contributed by atoms with Gasteiger partial charge in [-0.05, 0) is 66.3 Å². The van der Waals surface area contributed by atoms with E-state index in [1.54, 1.807) is 20.8 Å². The standard InChI is InChI=1S/C19H35N5O5/c1-12(15(21)25)22-16(26)14-9-7-11-24(14)17(27)13(8-5-6-10-20)23-18(28)29-19(2,3)4/h12-14H,5-11,20H2,1-4H3,(H2,21,25)(H,22,26)(H,23,28)/t12-,13+,14+/m1/s1. The number of carbonyl (C=O) groups is 4. The van der Waals surface area contributed by atoms with Gasteiger partial charge in [-0.2, -0.15) is 0 Å². The second-order valence-electron chi connectivity index (χ2n) is 8.31. The highest BCUT2D eigenvalue weighted by Gasteiger charge is 2.38. The maximum Gasteiger partial charge on any atom is 0.408 e. The van der Waals surface area contributed by atoms with Gasteiger partial charge in [0.15, 0.2) is 0 Å². The lowest BCUT2D eigenvalue weighted by atomic mass is 10.1. The van der Waals surface area contributed by atoms with Gasteiger partial charge in [0.05, 0.1) is 0 Å². The van der Waals surface area contributed by atoms with Crippen LogP contribution in [-0.4, -0.2) is 65.5 Å². The highest BCUT2D eigenvalue weighted by molar-refractivity contribution is 5.93. The molecule has 0 spiro atoms. The molecule has 0 aliphatic carbocycles. The molecule has 4 amide bonds. The Morgan fingerprint density at radius 2 is 1.83 bits per heavy atom. The lowest BCUT2D eigenvalue weighted by Crippen LogP contribution is -2.55. The van der Waals surface area contributed by atoms with Crippen LogP contribution in [-0.2, 0) is 19.1 Å².